The number of carbonyl (C=O) groups is 1. The van der Waals surface area contributed by atoms with Gasteiger partial charge in [0.25, 0.3) is 0 Å². The number of hydrogen-bond acceptors (Lipinski definition) is 3. The van der Waals surface area contributed by atoms with Crippen LogP contribution < -0.4 is 0 Å². The average molecular weight is 204 g/mol. The second-order valence-electron chi connectivity index (χ2n) is 4.68. The molecule has 3 nitrogen and oxygen atoms in total. The summed E-state index contributed by atoms with van der Waals surface area (Å²) in [6.45, 7) is 4.14. The number of aryl methyl sites for hydroxylation is 1. The molecule has 0 saturated heterocycles. The number of Topliss-reactive ketones (excluding diaryl/α,β-unsaturated/α-hetero) is 1. The summed E-state index contributed by atoms with van der Waals surface area (Å²) in [5.74, 6) is 1.26. The molecule has 0 atom stereocenters. The summed E-state index contributed by atoms with van der Waals surface area (Å²) < 4.78 is 0. The Morgan fingerprint density at radius 2 is 1.73 bits per heavy atom. The Kier molecular flexibility index (Phi) is 2.55. The molecular weight excluding hydrogens is 188 g/mol. The smallest absolute Gasteiger partial charge is 0.134 e. The van der Waals surface area contributed by atoms with Crippen LogP contribution in [0.25, 0.3) is 0 Å². The fourth-order valence-corrected chi connectivity index (χ4v) is 2.01. The lowest BCUT2D eigenvalue weighted by molar-refractivity contribution is -0.121. The molecule has 0 aromatic carbocycles. The molecule has 1 heterocycles. The molecule has 0 N–H and O–H groups in total. The fraction of sp³-hybridized carbons (Fsp3) is 0.583. The van der Waals surface area contributed by atoms with Crippen molar-refractivity contribution < 1.29 is 4.79 Å². The van der Waals surface area contributed by atoms with Crippen LogP contribution in [0, 0.1) is 6.92 Å². The first kappa shape index (κ1) is 10.3. The van der Waals surface area contributed by atoms with Crippen LogP contribution in [0.2, 0.25) is 0 Å². The van der Waals surface area contributed by atoms with Gasteiger partial charge in [0.15, 0.2) is 0 Å². The predicted molar refractivity (Wildman–Crippen MR) is 57.6 cm³/mol. The molecule has 80 valence electrons. The number of hydrogen-bond donors (Lipinski definition) is 0. The van der Waals surface area contributed by atoms with Crippen molar-refractivity contribution >= 4 is 5.78 Å². The zero-order valence-corrected chi connectivity index (χ0v) is 9.29. The maximum absolute atomic E-state index is 11.2. The predicted octanol–water partition coefficient (Wildman–Crippen LogP) is 2.19. The van der Waals surface area contributed by atoms with E-state index in [1.807, 2.05) is 19.3 Å². The van der Waals surface area contributed by atoms with E-state index in [4.69, 9.17) is 0 Å². The van der Waals surface area contributed by atoms with E-state index in [9.17, 15) is 4.79 Å². The third kappa shape index (κ3) is 2.06. The zero-order chi connectivity index (χ0) is 10.9. The lowest BCUT2D eigenvalue weighted by Crippen LogP contribution is -2.30. The lowest BCUT2D eigenvalue weighted by atomic mass is 9.74. The van der Waals surface area contributed by atoms with Gasteiger partial charge in [0.1, 0.15) is 11.6 Å². The Balaban J connectivity index is 2.22. The molecular formula is C12H16N2O. The molecule has 0 unspecified atom stereocenters. The van der Waals surface area contributed by atoms with Crippen LogP contribution in [0.15, 0.2) is 12.4 Å². The molecule has 1 aliphatic carbocycles. The van der Waals surface area contributed by atoms with Crippen LogP contribution in [-0.2, 0) is 10.2 Å². The summed E-state index contributed by atoms with van der Waals surface area (Å²) in [7, 11) is 0. The highest BCUT2D eigenvalue weighted by Crippen LogP contribution is 2.35. The Morgan fingerprint density at radius 3 is 2.27 bits per heavy atom. The van der Waals surface area contributed by atoms with Gasteiger partial charge in [-0.3, -0.25) is 4.79 Å². The molecule has 1 saturated carbocycles. The molecule has 1 fully saturated rings. The molecule has 0 bridgehead atoms. The van der Waals surface area contributed by atoms with E-state index in [0.29, 0.717) is 18.6 Å². The number of ketones is 1. The van der Waals surface area contributed by atoms with Gasteiger partial charge in [-0.05, 0) is 25.3 Å². The quantitative estimate of drug-likeness (QED) is 0.704. The molecule has 0 radical (unpaired) electrons. The summed E-state index contributed by atoms with van der Waals surface area (Å²) in [6.07, 6.45) is 6.82. The minimum atomic E-state index is 0.00160. The van der Waals surface area contributed by atoms with E-state index in [1.165, 1.54) is 0 Å². The molecule has 1 aliphatic rings. The van der Waals surface area contributed by atoms with E-state index >= 15 is 0 Å². The maximum atomic E-state index is 11.2. The van der Waals surface area contributed by atoms with Gasteiger partial charge in [0, 0.05) is 30.7 Å². The van der Waals surface area contributed by atoms with Crippen molar-refractivity contribution in [2.24, 2.45) is 0 Å². The third-order valence-corrected chi connectivity index (χ3v) is 3.23. The molecule has 0 spiro atoms. The van der Waals surface area contributed by atoms with Gasteiger partial charge in [-0.2, -0.15) is 0 Å². The van der Waals surface area contributed by atoms with Crippen molar-refractivity contribution in [3.63, 3.8) is 0 Å². The summed E-state index contributed by atoms with van der Waals surface area (Å²) in [5.41, 5.74) is 1.08. The Hall–Kier alpha value is -1.25. The van der Waals surface area contributed by atoms with E-state index in [2.05, 4.69) is 16.9 Å². The maximum Gasteiger partial charge on any atom is 0.134 e. The standard InChI is InChI=1S/C12H16N2O/c1-9-7-13-11(14-8-9)12(2)5-3-10(15)4-6-12/h7-8H,3-6H2,1-2H3. The van der Waals surface area contributed by atoms with Crippen LogP contribution in [-0.4, -0.2) is 15.8 Å². The van der Waals surface area contributed by atoms with Gasteiger partial charge in [0.05, 0.1) is 0 Å². The first-order chi connectivity index (χ1) is 7.10. The van der Waals surface area contributed by atoms with Gasteiger partial charge in [0.2, 0.25) is 0 Å². The average Bonchev–Trinajstić information content (AvgIpc) is 2.24. The molecule has 2 rings (SSSR count). The van der Waals surface area contributed by atoms with Crippen molar-refractivity contribution in [1.29, 1.82) is 0 Å². The van der Waals surface area contributed by atoms with Crippen LogP contribution in [0.3, 0.4) is 0 Å². The first-order valence-corrected chi connectivity index (χ1v) is 5.41. The fourth-order valence-electron chi connectivity index (χ4n) is 2.01. The molecule has 3 heteroatoms. The van der Waals surface area contributed by atoms with Gasteiger partial charge < -0.3 is 0 Å². The van der Waals surface area contributed by atoms with Crippen LogP contribution in [0.1, 0.15) is 44.0 Å². The first-order valence-electron chi connectivity index (χ1n) is 5.41. The summed E-state index contributed by atoms with van der Waals surface area (Å²) in [5, 5.41) is 0. The summed E-state index contributed by atoms with van der Waals surface area (Å²) >= 11 is 0. The topological polar surface area (TPSA) is 42.9 Å². The molecule has 1 aromatic rings. The Bertz CT molecular complexity index is 360. The highest BCUT2D eigenvalue weighted by atomic mass is 16.1. The Labute approximate surface area is 89.9 Å². The second-order valence-corrected chi connectivity index (χ2v) is 4.68. The Morgan fingerprint density at radius 1 is 1.20 bits per heavy atom. The minimum absolute atomic E-state index is 0.00160. The van der Waals surface area contributed by atoms with Gasteiger partial charge in [-0.25, -0.2) is 9.97 Å². The minimum Gasteiger partial charge on any atom is -0.300 e. The molecule has 1 aromatic heterocycles. The number of rotatable bonds is 1. The SMILES string of the molecule is Cc1cnc(C2(C)CCC(=O)CC2)nc1. The number of carbonyl (C=O) groups excluding carboxylic acids is 1. The van der Waals surface area contributed by atoms with E-state index in [0.717, 1.165) is 24.2 Å². The second kappa shape index (κ2) is 3.72. The number of aromatic nitrogens is 2. The van der Waals surface area contributed by atoms with Gasteiger partial charge in [-0.1, -0.05) is 6.92 Å². The van der Waals surface area contributed by atoms with Crippen molar-refractivity contribution in [2.75, 3.05) is 0 Å². The van der Waals surface area contributed by atoms with Crippen molar-refractivity contribution in [3.05, 3.63) is 23.8 Å². The van der Waals surface area contributed by atoms with Crippen LogP contribution in [0.4, 0.5) is 0 Å². The van der Waals surface area contributed by atoms with Gasteiger partial charge in [-0.15, -0.1) is 0 Å². The molecule has 0 aliphatic heterocycles. The highest BCUT2D eigenvalue weighted by molar-refractivity contribution is 5.79. The van der Waals surface area contributed by atoms with Crippen molar-refractivity contribution in [2.45, 2.75) is 44.9 Å². The lowest BCUT2D eigenvalue weighted by Gasteiger charge is -2.31. The zero-order valence-electron chi connectivity index (χ0n) is 9.29. The third-order valence-electron chi connectivity index (χ3n) is 3.23. The monoisotopic (exact) mass is 204 g/mol. The summed E-state index contributed by atoms with van der Waals surface area (Å²) in [6, 6.07) is 0. The van der Waals surface area contributed by atoms with E-state index in [-0.39, 0.29) is 5.41 Å². The normalized spacial score (nSPS) is 20.3. The number of nitrogens with zero attached hydrogens (tertiary/aromatic N) is 2. The van der Waals surface area contributed by atoms with Crippen LogP contribution >= 0.6 is 0 Å². The molecule has 0 amide bonds. The van der Waals surface area contributed by atoms with E-state index < -0.39 is 0 Å². The summed E-state index contributed by atoms with van der Waals surface area (Å²) in [4.78, 5) is 19.9. The van der Waals surface area contributed by atoms with Crippen LogP contribution in [0.5, 0.6) is 0 Å². The molecule has 15 heavy (non-hydrogen) atoms. The van der Waals surface area contributed by atoms with Crippen molar-refractivity contribution in [3.8, 4) is 0 Å². The van der Waals surface area contributed by atoms with Crippen molar-refractivity contribution in [1.82, 2.24) is 9.97 Å². The van der Waals surface area contributed by atoms with E-state index in [1.54, 1.807) is 0 Å². The highest BCUT2D eigenvalue weighted by Gasteiger charge is 2.34. The largest absolute Gasteiger partial charge is 0.300 e. The van der Waals surface area contributed by atoms with Gasteiger partial charge >= 0.3 is 0 Å².